The molecule has 0 aliphatic carbocycles. The monoisotopic (exact) mass is 267 g/mol. The predicted octanol–water partition coefficient (Wildman–Crippen LogP) is 3.56. The summed E-state index contributed by atoms with van der Waals surface area (Å²) in [6.45, 7) is 0. The summed E-state index contributed by atoms with van der Waals surface area (Å²) >= 11 is 5.13. The van der Waals surface area contributed by atoms with Crippen LogP contribution in [0.5, 0.6) is 0 Å². The smallest absolute Gasteiger partial charge is 0.0646 e. The van der Waals surface area contributed by atoms with Crippen LogP contribution >= 0.6 is 27.3 Å². The predicted molar refractivity (Wildman–Crippen MR) is 64.5 cm³/mol. The molecule has 1 aromatic heterocycles. The molecule has 0 radical (unpaired) electrons. The van der Waals surface area contributed by atoms with Gasteiger partial charge in [-0.15, -0.1) is 11.3 Å². The largest absolute Gasteiger partial charge is 0.320 e. The average Bonchev–Trinajstić information content (AvgIpc) is 2.69. The number of halogens is 1. The van der Waals surface area contributed by atoms with Gasteiger partial charge in [-0.2, -0.15) is 0 Å². The molecule has 1 atom stereocenters. The molecule has 0 bridgehead atoms. The zero-order chi connectivity index (χ0) is 9.97. The van der Waals surface area contributed by atoms with Crippen molar-refractivity contribution >= 4 is 27.3 Å². The lowest BCUT2D eigenvalue weighted by atomic mass is 10.1. The van der Waals surface area contributed by atoms with Crippen molar-refractivity contribution in [1.29, 1.82) is 0 Å². The highest BCUT2D eigenvalue weighted by Crippen LogP contribution is 2.25. The van der Waals surface area contributed by atoms with Crippen molar-refractivity contribution in [2.45, 2.75) is 6.04 Å². The Bertz CT molecular complexity index is 411. The van der Waals surface area contributed by atoms with E-state index >= 15 is 0 Å². The van der Waals surface area contributed by atoms with E-state index < -0.39 is 0 Å². The molecule has 1 aromatic carbocycles. The molecule has 72 valence electrons. The van der Waals surface area contributed by atoms with Crippen LogP contribution in [0.2, 0.25) is 0 Å². The molecule has 2 rings (SSSR count). The Morgan fingerprint density at radius 1 is 1.21 bits per heavy atom. The first-order chi connectivity index (χ1) is 6.77. The molecule has 0 spiro atoms. The van der Waals surface area contributed by atoms with E-state index in [1.807, 2.05) is 23.6 Å². The first-order valence-corrected chi connectivity index (χ1v) is 5.99. The SMILES string of the molecule is N[C@@H](c1cccc(Br)c1)c1cccs1. The van der Waals surface area contributed by atoms with Crippen LogP contribution in [-0.2, 0) is 0 Å². The minimum atomic E-state index is -0.00694. The molecule has 0 amide bonds. The van der Waals surface area contributed by atoms with Crippen LogP contribution in [0.15, 0.2) is 46.3 Å². The molecule has 1 nitrogen and oxygen atoms in total. The fourth-order valence-electron chi connectivity index (χ4n) is 1.33. The molecule has 0 fully saturated rings. The maximum atomic E-state index is 6.12. The fourth-order valence-corrected chi connectivity index (χ4v) is 2.50. The topological polar surface area (TPSA) is 26.0 Å². The Labute approximate surface area is 95.7 Å². The zero-order valence-electron chi connectivity index (χ0n) is 7.48. The Morgan fingerprint density at radius 2 is 2.07 bits per heavy atom. The van der Waals surface area contributed by atoms with Gasteiger partial charge in [0.1, 0.15) is 0 Å². The number of hydrogen-bond acceptors (Lipinski definition) is 2. The van der Waals surface area contributed by atoms with Crippen LogP contribution < -0.4 is 5.73 Å². The van der Waals surface area contributed by atoms with Gasteiger partial charge < -0.3 is 5.73 Å². The highest BCUT2D eigenvalue weighted by atomic mass is 79.9. The summed E-state index contributed by atoms with van der Waals surface area (Å²) in [6.07, 6.45) is 0. The summed E-state index contributed by atoms with van der Waals surface area (Å²) in [4.78, 5) is 1.20. The van der Waals surface area contributed by atoms with Gasteiger partial charge in [-0.25, -0.2) is 0 Å². The van der Waals surface area contributed by atoms with Crippen LogP contribution in [0.25, 0.3) is 0 Å². The number of hydrogen-bond donors (Lipinski definition) is 1. The van der Waals surface area contributed by atoms with Crippen molar-refractivity contribution in [2.75, 3.05) is 0 Å². The van der Waals surface area contributed by atoms with Crippen molar-refractivity contribution in [2.24, 2.45) is 5.73 Å². The van der Waals surface area contributed by atoms with Gasteiger partial charge in [0.15, 0.2) is 0 Å². The molecule has 14 heavy (non-hydrogen) atoms. The van der Waals surface area contributed by atoms with Gasteiger partial charge in [-0.05, 0) is 29.1 Å². The van der Waals surface area contributed by atoms with E-state index in [1.165, 1.54) is 4.88 Å². The third-order valence-corrected chi connectivity index (χ3v) is 3.51. The molecule has 1 heterocycles. The maximum absolute atomic E-state index is 6.12. The van der Waals surface area contributed by atoms with Crippen LogP contribution in [0.3, 0.4) is 0 Å². The van der Waals surface area contributed by atoms with Gasteiger partial charge in [0, 0.05) is 9.35 Å². The van der Waals surface area contributed by atoms with Crippen molar-refractivity contribution in [1.82, 2.24) is 0 Å². The van der Waals surface area contributed by atoms with E-state index in [9.17, 15) is 0 Å². The average molecular weight is 268 g/mol. The van der Waals surface area contributed by atoms with Gasteiger partial charge in [-0.3, -0.25) is 0 Å². The van der Waals surface area contributed by atoms with E-state index in [0.717, 1.165) is 10.0 Å². The quantitative estimate of drug-likeness (QED) is 0.885. The van der Waals surface area contributed by atoms with Crippen molar-refractivity contribution < 1.29 is 0 Å². The summed E-state index contributed by atoms with van der Waals surface area (Å²) in [5.41, 5.74) is 7.26. The molecule has 0 saturated carbocycles. The Kier molecular flexibility index (Phi) is 3.01. The summed E-state index contributed by atoms with van der Waals surface area (Å²) in [6, 6.07) is 12.2. The first-order valence-electron chi connectivity index (χ1n) is 4.32. The van der Waals surface area contributed by atoms with Crippen LogP contribution in [-0.4, -0.2) is 0 Å². The number of rotatable bonds is 2. The van der Waals surface area contributed by atoms with Crippen molar-refractivity contribution in [3.63, 3.8) is 0 Å². The third kappa shape index (κ3) is 2.05. The Hall–Kier alpha value is -0.640. The highest BCUT2D eigenvalue weighted by Gasteiger charge is 2.09. The van der Waals surface area contributed by atoms with Crippen LogP contribution in [0.1, 0.15) is 16.5 Å². The molecule has 2 N–H and O–H groups in total. The summed E-state index contributed by atoms with van der Waals surface area (Å²) in [5, 5.41) is 2.05. The highest BCUT2D eigenvalue weighted by molar-refractivity contribution is 9.10. The van der Waals surface area contributed by atoms with Crippen molar-refractivity contribution in [3.8, 4) is 0 Å². The maximum Gasteiger partial charge on any atom is 0.0646 e. The first kappa shape index (κ1) is 9.90. The second kappa shape index (κ2) is 4.26. The van der Waals surface area contributed by atoms with E-state index in [4.69, 9.17) is 5.73 Å². The Morgan fingerprint density at radius 3 is 2.71 bits per heavy atom. The lowest BCUT2D eigenvalue weighted by Crippen LogP contribution is -2.09. The van der Waals surface area contributed by atoms with Gasteiger partial charge >= 0.3 is 0 Å². The van der Waals surface area contributed by atoms with E-state index in [1.54, 1.807) is 11.3 Å². The van der Waals surface area contributed by atoms with E-state index in [0.29, 0.717) is 0 Å². The normalized spacial score (nSPS) is 12.7. The molecule has 2 aromatic rings. The van der Waals surface area contributed by atoms with Crippen LogP contribution in [0.4, 0.5) is 0 Å². The van der Waals surface area contributed by atoms with Gasteiger partial charge in [0.2, 0.25) is 0 Å². The minimum absolute atomic E-state index is 0.00694. The van der Waals surface area contributed by atoms with Gasteiger partial charge in [0.25, 0.3) is 0 Å². The summed E-state index contributed by atoms with van der Waals surface area (Å²) < 4.78 is 1.07. The number of thiophene rings is 1. The van der Waals surface area contributed by atoms with Crippen molar-refractivity contribution in [3.05, 3.63) is 56.7 Å². The lowest BCUT2D eigenvalue weighted by Gasteiger charge is -2.09. The standard InChI is InChI=1S/C11H10BrNS/c12-9-4-1-3-8(7-9)11(13)10-5-2-6-14-10/h1-7,11H,13H2/t11-/m0/s1. The molecule has 3 heteroatoms. The molecule has 0 unspecified atom stereocenters. The number of nitrogens with two attached hydrogens (primary N) is 1. The molecular weight excluding hydrogens is 258 g/mol. The second-order valence-electron chi connectivity index (χ2n) is 3.05. The fraction of sp³-hybridized carbons (Fsp3) is 0.0909. The molecule has 0 saturated heterocycles. The van der Waals surface area contributed by atoms with Gasteiger partial charge in [-0.1, -0.05) is 34.1 Å². The van der Waals surface area contributed by atoms with E-state index in [-0.39, 0.29) is 6.04 Å². The van der Waals surface area contributed by atoms with E-state index in [2.05, 4.69) is 34.1 Å². The summed E-state index contributed by atoms with van der Waals surface area (Å²) in [5.74, 6) is 0. The Balaban J connectivity index is 2.32. The molecule has 0 aliphatic heterocycles. The number of benzene rings is 1. The van der Waals surface area contributed by atoms with Gasteiger partial charge in [0.05, 0.1) is 6.04 Å². The molecular formula is C11H10BrNS. The minimum Gasteiger partial charge on any atom is -0.320 e. The lowest BCUT2D eigenvalue weighted by molar-refractivity contribution is 0.892. The second-order valence-corrected chi connectivity index (χ2v) is 4.94. The third-order valence-electron chi connectivity index (χ3n) is 2.06. The molecule has 0 aliphatic rings. The van der Waals surface area contributed by atoms with Crippen LogP contribution in [0, 0.1) is 0 Å². The zero-order valence-corrected chi connectivity index (χ0v) is 9.88. The summed E-state index contributed by atoms with van der Waals surface area (Å²) in [7, 11) is 0.